The molecule has 0 radical (unpaired) electrons. The van der Waals surface area contributed by atoms with Gasteiger partial charge < -0.3 is 4.74 Å². The molecule has 21 heavy (non-hydrogen) atoms. The van der Waals surface area contributed by atoms with E-state index in [0.29, 0.717) is 12.0 Å². The van der Waals surface area contributed by atoms with Crippen LogP contribution in [0.5, 0.6) is 5.75 Å². The van der Waals surface area contributed by atoms with E-state index in [1.807, 2.05) is 0 Å². The van der Waals surface area contributed by atoms with E-state index in [1.165, 1.54) is 12.1 Å². The monoisotopic (exact) mass is 370 g/mol. The minimum absolute atomic E-state index is 0.114. The second kappa shape index (κ2) is 8.36. The van der Waals surface area contributed by atoms with Gasteiger partial charge in [-0.05, 0) is 37.1 Å². The van der Waals surface area contributed by atoms with Crippen LogP contribution in [0.15, 0.2) is 24.3 Å². The van der Waals surface area contributed by atoms with E-state index >= 15 is 0 Å². The molecule has 0 amide bonds. The molecule has 1 aromatic carbocycles. The smallest absolute Gasteiger partial charge is 0.428 e. The number of carbonyl (C=O) groups excluding carboxylic acids is 1. The number of ether oxygens (including phenoxy) is 1. The minimum Gasteiger partial charge on any atom is -0.428 e. The van der Waals surface area contributed by atoms with Gasteiger partial charge in [-0.15, -0.1) is 0 Å². The third-order valence-electron chi connectivity index (χ3n) is 2.72. The molecular formula is C14H15BrF4O2. The fourth-order valence-corrected chi connectivity index (χ4v) is 2.01. The van der Waals surface area contributed by atoms with Gasteiger partial charge in [0.2, 0.25) is 0 Å². The number of unbranched alkanes of at least 4 members (excludes halogenated alkanes) is 2. The Morgan fingerprint density at radius 3 is 2.29 bits per heavy atom. The van der Waals surface area contributed by atoms with Gasteiger partial charge in [-0.1, -0.05) is 22.4 Å². The van der Waals surface area contributed by atoms with E-state index in [-0.39, 0.29) is 5.78 Å². The quantitative estimate of drug-likeness (QED) is 0.263. The molecule has 1 rings (SSSR count). The number of hydrogen-bond acceptors (Lipinski definition) is 2. The molecule has 0 atom stereocenters. The number of hydrogen-bond donors (Lipinski definition) is 0. The van der Waals surface area contributed by atoms with Crippen LogP contribution in [0.4, 0.5) is 17.6 Å². The molecule has 0 aliphatic heterocycles. The predicted molar refractivity (Wildman–Crippen MR) is 74.6 cm³/mol. The maximum Gasteiger partial charge on any atom is 0.461 e. The molecule has 0 aliphatic rings. The Kier molecular flexibility index (Phi) is 7.14. The average Bonchev–Trinajstić information content (AvgIpc) is 2.43. The Hall–Kier alpha value is -1.11. The lowest BCUT2D eigenvalue weighted by Gasteiger charge is -2.16. The molecule has 0 bridgehead atoms. The highest BCUT2D eigenvalue weighted by atomic mass is 79.9. The van der Waals surface area contributed by atoms with Crippen LogP contribution in [0.3, 0.4) is 0 Å². The lowest BCUT2D eigenvalue weighted by molar-refractivity contribution is -0.253. The highest BCUT2D eigenvalue weighted by Gasteiger charge is 2.43. The van der Waals surface area contributed by atoms with Gasteiger partial charge in [-0.25, -0.2) is 0 Å². The SMILES string of the molecule is O=C(CCCCCBr)c1ccc(OC(F)(F)C(F)F)cc1. The number of halogens is 5. The molecule has 118 valence electrons. The molecule has 0 heterocycles. The minimum atomic E-state index is -4.54. The Balaban J connectivity index is 2.55. The maximum absolute atomic E-state index is 12.7. The van der Waals surface area contributed by atoms with Crippen molar-refractivity contribution >= 4 is 21.7 Å². The summed E-state index contributed by atoms with van der Waals surface area (Å²) in [5, 5.41) is 0.881. The summed E-state index contributed by atoms with van der Waals surface area (Å²) in [6.45, 7) is 0. The number of ketones is 1. The van der Waals surface area contributed by atoms with Crippen LogP contribution in [-0.4, -0.2) is 23.6 Å². The zero-order chi connectivity index (χ0) is 15.9. The largest absolute Gasteiger partial charge is 0.461 e. The molecule has 7 heteroatoms. The van der Waals surface area contributed by atoms with Gasteiger partial charge in [0.05, 0.1) is 0 Å². The van der Waals surface area contributed by atoms with Crippen molar-refractivity contribution in [3.63, 3.8) is 0 Å². The zero-order valence-electron chi connectivity index (χ0n) is 11.1. The first-order valence-corrected chi connectivity index (χ1v) is 7.53. The van der Waals surface area contributed by atoms with Crippen molar-refractivity contribution in [1.82, 2.24) is 0 Å². The van der Waals surface area contributed by atoms with Crippen LogP contribution in [0.25, 0.3) is 0 Å². The van der Waals surface area contributed by atoms with Crippen molar-refractivity contribution in [1.29, 1.82) is 0 Å². The summed E-state index contributed by atoms with van der Waals surface area (Å²) >= 11 is 3.29. The van der Waals surface area contributed by atoms with E-state index in [0.717, 1.165) is 36.7 Å². The van der Waals surface area contributed by atoms with Crippen molar-refractivity contribution in [3.05, 3.63) is 29.8 Å². The van der Waals surface area contributed by atoms with Crippen molar-refractivity contribution < 1.29 is 27.1 Å². The van der Waals surface area contributed by atoms with Gasteiger partial charge >= 0.3 is 12.5 Å². The van der Waals surface area contributed by atoms with E-state index < -0.39 is 18.3 Å². The fourth-order valence-electron chi connectivity index (χ4n) is 1.61. The molecule has 0 saturated heterocycles. The number of carbonyl (C=O) groups is 1. The second-order valence-electron chi connectivity index (χ2n) is 4.41. The number of benzene rings is 1. The second-order valence-corrected chi connectivity index (χ2v) is 5.20. The Morgan fingerprint density at radius 1 is 1.14 bits per heavy atom. The summed E-state index contributed by atoms with van der Waals surface area (Å²) in [4.78, 5) is 11.8. The molecule has 0 spiro atoms. The van der Waals surface area contributed by atoms with Gasteiger partial charge in [0.25, 0.3) is 0 Å². The summed E-state index contributed by atoms with van der Waals surface area (Å²) < 4.78 is 53.2. The Bertz CT molecular complexity index is 449. The van der Waals surface area contributed by atoms with Gasteiger partial charge in [0.1, 0.15) is 5.75 Å². The van der Waals surface area contributed by atoms with Crippen LogP contribution in [0.2, 0.25) is 0 Å². The van der Waals surface area contributed by atoms with Crippen LogP contribution in [0.1, 0.15) is 36.0 Å². The van der Waals surface area contributed by atoms with Gasteiger partial charge in [-0.3, -0.25) is 4.79 Å². The molecule has 0 N–H and O–H groups in total. The van der Waals surface area contributed by atoms with Crippen LogP contribution in [-0.2, 0) is 0 Å². The van der Waals surface area contributed by atoms with Crippen molar-refractivity contribution in [3.8, 4) is 5.75 Å². The first-order valence-electron chi connectivity index (χ1n) is 6.41. The standard InChI is InChI=1S/C14H15BrF4O2/c15-9-3-1-2-4-12(20)10-5-7-11(8-6-10)21-14(18,19)13(16)17/h5-8,13H,1-4,9H2. The van der Waals surface area contributed by atoms with Crippen molar-refractivity contribution in [2.45, 2.75) is 38.2 Å². The number of rotatable bonds is 9. The summed E-state index contributed by atoms with van der Waals surface area (Å²) in [5.74, 6) is -0.520. The number of alkyl halides is 5. The first-order chi connectivity index (χ1) is 9.86. The normalized spacial score (nSPS) is 11.7. The maximum atomic E-state index is 12.7. The van der Waals surface area contributed by atoms with Gasteiger partial charge in [0.15, 0.2) is 5.78 Å². The summed E-state index contributed by atoms with van der Waals surface area (Å²) in [7, 11) is 0. The van der Waals surface area contributed by atoms with Crippen LogP contribution >= 0.6 is 15.9 Å². The molecule has 2 nitrogen and oxygen atoms in total. The molecule has 0 unspecified atom stereocenters. The van der Waals surface area contributed by atoms with Crippen molar-refractivity contribution in [2.24, 2.45) is 0 Å². The van der Waals surface area contributed by atoms with Crippen molar-refractivity contribution in [2.75, 3.05) is 5.33 Å². The fraction of sp³-hybridized carbons (Fsp3) is 0.500. The highest BCUT2D eigenvalue weighted by molar-refractivity contribution is 9.09. The van der Waals surface area contributed by atoms with E-state index in [4.69, 9.17) is 0 Å². The third kappa shape index (κ3) is 6.03. The summed E-state index contributed by atoms with van der Waals surface area (Å²) in [5.41, 5.74) is 0.349. The predicted octanol–water partition coefficient (Wildman–Crippen LogP) is 5.06. The van der Waals surface area contributed by atoms with Gasteiger partial charge in [0, 0.05) is 17.3 Å². The zero-order valence-corrected chi connectivity index (χ0v) is 12.7. The van der Waals surface area contributed by atoms with Crippen LogP contribution in [0, 0.1) is 0 Å². The molecule has 0 aliphatic carbocycles. The van der Waals surface area contributed by atoms with E-state index in [2.05, 4.69) is 20.7 Å². The van der Waals surface area contributed by atoms with E-state index in [9.17, 15) is 22.4 Å². The summed E-state index contributed by atoms with van der Waals surface area (Å²) in [6.07, 6.45) is -5.46. The molecule has 0 saturated carbocycles. The molecule has 1 aromatic rings. The third-order valence-corrected chi connectivity index (χ3v) is 3.28. The first kappa shape index (κ1) is 17.9. The molecule has 0 fully saturated rings. The Morgan fingerprint density at radius 2 is 1.76 bits per heavy atom. The Labute approximate surface area is 128 Å². The number of Topliss-reactive ketones (excluding diaryl/α,β-unsaturated/α-hetero) is 1. The summed E-state index contributed by atoms with van der Waals surface area (Å²) in [6, 6.07) is 4.76. The lowest BCUT2D eigenvalue weighted by atomic mass is 10.0. The van der Waals surface area contributed by atoms with Crippen LogP contribution < -0.4 is 4.74 Å². The van der Waals surface area contributed by atoms with E-state index in [1.54, 1.807) is 0 Å². The topological polar surface area (TPSA) is 26.3 Å². The molecular weight excluding hydrogens is 356 g/mol. The lowest BCUT2D eigenvalue weighted by Crippen LogP contribution is -2.33. The molecule has 0 aromatic heterocycles. The van der Waals surface area contributed by atoms with Gasteiger partial charge in [-0.2, -0.15) is 17.6 Å². The average molecular weight is 371 g/mol. The highest BCUT2D eigenvalue weighted by Crippen LogP contribution is 2.27.